The van der Waals surface area contributed by atoms with E-state index in [1.807, 2.05) is 7.05 Å². The number of benzene rings is 1. The number of rotatable bonds is 6. The Hall–Kier alpha value is -3.07. The van der Waals surface area contributed by atoms with E-state index in [0.717, 1.165) is 6.42 Å². The van der Waals surface area contributed by atoms with Crippen LogP contribution in [0.1, 0.15) is 36.0 Å². The summed E-state index contributed by atoms with van der Waals surface area (Å²) in [4.78, 5) is 35.0. The fraction of sp³-hybridized carbons (Fsp3) is 0.300. The van der Waals surface area contributed by atoms with Gasteiger partial charge in [-0.2, -0.15) is 0 Å². The highest BCUT2D eigenvalue weighted by atomic mass is 32.1. The summed E-state index contributed by atoms with van der Waals surface area (Å²) >= 11 is 1.36. The summed E-state index contributed by atoms with van der Waals surface area (Å²) in [5, 5.41) is 5.35. The number of anilines is 1. The molecule has 1 aromatic carbocycles. The van der Waals surface area contributed by atoms with Crippen LogP contribution >= 0.6 is 11.3 Å². The highest BCUT2D eigenvalue weighted by molar-refractivity contribution is 7.14. The molecule has 3 heterocycles. The Morgan fingerprint density at radius 2 is 2.28 bits per heavy atom. The van der Waals surface area contributed by atoms with E-state index in [1.165, 1.54) is 23.5 Å². The van der Waals surface area contributed by atoms with Crippen molar-refractivity contribution < 1.29 is 14.0 Å². The molecule has 29 heavy (non-hydrogen) atoms. The average molecular weight is 413 g/mol. The van der Waals surface area contributed by atoms with Gasteiger partial charge >= 0.3 is 0 Å². The lowest BCUT2D eigenvalue weighted by Crippen LogP contribution is -2.32. The van der Waals surface area contributed by atoms with Gasteiger partial charge in [-0.1, -0.05) is 12.1 Å². The first kappa shape index (κ1) is 19.3. The molecule has 1 fully saturated rings. The molecule has 0 aliphatic carbocycles. The fourth-order valence-electron chi connectivity index (χ4n) is 3.37. The number of nitrogens with one attached hydrogen (secondary N) is 1. The van der Waals surface area contributed by atoms with Crippen LogP contribution in [0.25, 0.3) is 0 Å². The maximum Gasteiger partial charge on any atom is 0.228 e. The molecule has 0 spiro atoms. The van der Waals surface area contributed by atoms with Gasteiger partial charge in [0.15, 0.2) is 5.13 Å². The second-order valence-electron chi connectivity index (χ2n) is 6.90. The van der Waals surface area contributed by atoms with Crippen LogP contribution in [-0.4, -0.2) is 32.9 Å². The number of halogens is 1. The molecular formula is C20H20FN5O2S. The van der Waals surface area contributed by atoms with Gasteiger partial charge in [0.1, 0.15) is 17.7 Å². The van der Waals surface area contributed by atoms with Crippen molar-refractivity contribution >= 4 is 28.3 Å². The van der Waals surface area contributed by atoms with E-state index >= 15 is 0 Å². The zero-order valence-corrected chi connectivity index (χ0v) is 16.7. The van der Waals surface area contributed by atoms with Crippen LogP contribution in [0.2, 0.25) is 0 Å². The summed E-state index contributed by atoms with van der Waals surface area (Å²) in [6.07, 6.45) is 4.83. The maximum absolute atomic E-state index is 13.8. The molecule has 0 radical (unpaired) electrons. The third-order valence-corrected chi connectivity index (χ3v) is 5.70. The second kappa shape index (κ2) is 8.12. The van der Waals surface area contributed by atoms with Crippen molar-refractivity contribution in [2.75, 3.05) is 11.4 Å². The van der Waals surface area contributed by atoms with Crippen molar-refractivity contribution in [3.05, 3.63) is 64.9 Å². The molecule has 3 aromatic rings. The fourth-order valence-corrected chi connectivity index (χ4v) is 4.23. The SMILES string of the molecule is Cn1ccnc1[C@@H](NC(=O)Cc1csc(N2CCCC2=O)n1)c1cccc(F)c1. The minimum absolute atomic E-state index is 0.0643. The monoisotopic (exact) mass is 413 g/mol. The van der Waals surface area contributed by atoms with E-state index in [2.05, 4.69) is 15.3 Å². The number of aryl methyl sites for hydroxylation is 1. The Bertz CT molecular complexity index is 1050. The third-order valence-electron chi connectivity index (χ3n) is 4.79. The molecule has 0 unspecified atom stereocenters. The molecule has 1 saturated heterocycles. The zero-order chi connectivity index (χ0) is 20.4. The molecule has 0 bridgehead atoms. The Morgan fingerprint density at radius 1 is 1.41 bits per heavy atom. The topological polar surface area (TPSA) is 80.1 Å². The van der Waals surface area contributed by atoms with Gasteiger partial charge in [-0.15, -0.1) is 11.3 Å². The maximum atomic E-state index is 13.8. The number of hydrogen-bond acceptors (Lipinski definition) is 5. The largest absolute Gasteiger partial charge is 0.342 e. The lowest BCUT2D eigenvalue weighted by atomic mass is 10.1. The molecule has 1 atom stereocenters. The van der Waals surface area contributed by atoms with E-state index in [4.69, 9.17) is 0 Å². The minimum atomic E-state index is -0.587. The number of carbonyl (C=O) groups is 2. The summed E-state index contributed by atoms with van der Waals surface area (Å²) in [7, 11) is 1.82. The number of carbonyl (C=O) groups excluding carboxylic acids is 2. The number of nitrogens with zero attached hydrogens (tertiary/aromatic N) is 4. The molecule has 4 rings (SSSR count). The zero-order valence-electron chi connectivity index (χ0n) is 15.8. The van der Waals surface area contributed by atoms with Gasteiger partial charge in [-0.25, -0.2) is 14.4 Å². The highest BCUT2D eigenvalue weighted by Crippen LogP contribution is 2.26. The van der Waals surface area contributed by atoms with Crippen LogP contribution in [0.5, 0.6) is 0 Å². The molecule has 7 nitrogen and oxygen atoms in total. The number of amides is 2. The molecule has 1 N–H and O–H groups in total. The van der Waals surface area contributed by atoms with E-state index in [-0.39, 0.29) is 24.1 Å². The van der Waals surface area contributed by atoms with Gasteiger partial charge in [-0.05, 0) is 24.1 Å². The smallest absolute Gasteiger partial charge is 0.228 e. The van der Waals surface area contributed by atoms with Crippen molar-refractivity contribution in [1.82, 2.24) is 19.9 Å². The van der Waals surface area contributed by atoms with Crippen molar-refractivity contribution in [2.24, 2.45) is 7.05 Å². The number of thiazole rings is 1. The van der Waals surface area contributed by atoms with Crippen molar-refractivity contribution in [3.63, 3.8) is 0 Å². The van der Waals surface area contributed by atoms with Crippen LogP contribution < -0.4 is 10.2 Å². The predicted molar refractivity (Wildman–Crippen MR) is 107 cm³/mol. The van der Waals surface area contributed by atoms with Gasteiger partial charge in [0, 0.05) is 37.8 Å². The van der Waals surface area contributed by atoms with E-state index in [9.17, 15) is 14.0 Å². The summed E-state index contributed by atoms with van der Waals surface area (Å²) in [6, 6.07) is 5.52. The van der Waals surface area contributed by atoms with E-state index in [1.54, 1.807) is 39.4 Å². The molecule has 150 valence electrons. The quantitative estimate of drug-likeness (QED) is 0.674. The Labute approximate surface area is 171 Å². The Kier molecular flexibility index (Phi) is 5.39. The van der Waals surface area contributed by atoms with Crippen LogP contribution in [0.15, 0.2) is 42.0 Å². The highest BCUT2D eigenvalue weighted by Gasteiger charge is 2.25. The molecule has 1 aliphatic heterocycles. The minimum Gasteiger partial charge on any atom is -0.342 e. The van der Waals surface area contributed by atoms with Gasteiger partial charge in [0.25, 0.3) is 0 Å². The standard InChI is InChI=1S/C20H20FN5O2S/c1-25-9-7-22-19(25)18(13-4-2-5-14(21)10-13)24-16(27)11-15-12-29-20(23-15)26-8-3-6-17(26)28/h2,4-5,7,9-10,12,18H,3,6,8,11H2,1H3,(H,24,27)/t18-/m0/s1. The number of imidazole rings is 1. The molecule has 2 amide bonds. The number of hydrogen-bond donors (Lipinski definition) is 1. The molecule has 1 aliphatic rings. The van der Waals surface area contributed by atoms with E-state index < -0.39 is 6.04 Å². The van der Waals surface area contributed by atoms with Gasteiger partial charge in [-0.3, -0.25) is 14.5 Å². The molecule has 9 heteroatoms. The van der Waals surface area contributed by atoms with Crippen molar-refractivity contribution in [2.45, 2.75) is 25.3 Å². The first-order chi connectivity index (χ1) is 14.0. The number of aromatic nitrogens is 3. The van der Waals surface area contributed by atoms with E-state index in [0.29, 0.717) is 35.2 Å². The van der Waals surface area contributed by atoms with Crippen LogP contribution in [-0.2, 0) is 23.1 Å². The summed E-state index contributed by atoms with van der Waals surface area (Å²) in [5.74, 6) is 0.0316. The Balaban J connectivity index is 1.51. The first-order valence-corrected chi connectivity index (χ1v) is 10.2. The van der Waals surface area contributed by atoms with Crippen LogP contribution in [0.3, 0.4) is 0 Å². The van der Waals surface area contributed by atoms with Crippen LogP contribution in [0.4, 0.5) is 9.52 Å². The molecule has 0 saturated carbocycles. The lowest BCUT2D eigenvalue weighted by molar-refractivity contribution is -0.121. The molecular weight excluding hydrogens is 393 g/mol. The van der Waals surface area contributed by atoms with Gasteiger partial charge < -0.3 is 9.88 Å². The van der Waals surface area contributed by atoms with Gasteiger partial charge in [0.05, 0.1) is 12.1 Å². The first-order valence-electron chi connectivity index (χ1n) is 9.28. The van der Waals surface area contributed by atoms with Gasteiger partial charge in [0.2, 0.25) is 11.8 Å². The average Bonchev–Trinajstić information content (AvgIpc) is 3.41. The summed E-state index contributed by atoms with van der Waals surface area (Å²) in [6.45, 7) is 0.665. The normalized spacial score (nSPS) is 15.0. The van der Waals surface area contributed by atoms with Crippen molar-refractivity contribution in [3.8, 4) is 0 Å². The van der Waals surface area contributed by atoms with Crippen LogP contribution in [0, 0.1) is 5.82 Å². The third kappa shape index (κ3) is 4.19. The Morgan fingerprint density at radius 3 is 2.97 bits per heavy atom. The van der Waals surface area contributed by atoms with Crippen molar-refractivity contribution in [1.29, 1.82) is 0 Å². The second-order valence-corrected chi connectivity index (χ2v) is 7.74. The lowest BCUT2D eigenvalue weighted by Gasteiger charge is -2.19. The predicted octanol–water partition coefficient (Wildman–Crippen LogP) is 2.59. The molecule has 2 aromatic heterocycles. The summed E-state index contributed by atoms with van der Waals surface area (Å²) < 4.78 is 15.5. The summed E-state index contributed by atoms with van der Waals surface area (Å²) in [5.41, 5.74) is 1.20.